The largest absolute Gasteiger partial charge is 0.393 e. The lowest BCUT2D eigenvalue weighted by atomic mass is 10.1. The van der Waals surface area contributed by atoms with Crippen molar-refractivity contribution in [1.29, 1.82) is 0 Å². The minimum atomic E-state index is -1.15. The van der Waals surface area contributed by atoms with Gasteiger partial charge < -0.3 is 11.1 Å². The highest BCUT2D eigenvalue weighted by atomic mass is 32.1. The third kappa shape index (κ3) is 3.73. The van der Waals surface area contributed by atoms with Gasteiger partial charge >= 0.3 is 0 Å². The molecule has 1 unspecified atom stereocenters. The van der Waals surface area contributed by atoms with E-state index in [1.165, 1.54) is 12.1 Å². The van der Waals surface area contributed by atoms with Crippen LogP contribution in [-0.2, 0) is 0 Å². The van der Waals surface area contributed by atoms with Crippen molar-refractivity contribution in [1.82, 2.24) is 5.32 Å². The number of halogens is 2. The molecule has 3 N–H and O–H groups in total. The molecular formula is C12H14F2N2OS. The molecule has 1 amide bonds. The number of carbonyl (C=O) groups is 1. The van der Waals surface area contributed by atoms with Crippen molar-refractivity contribution in [3.05, 3.63) is 35.4 Å². The first-order valence-corrected chi connectivity index (χ1v) is 5.89. The van der Waals surface area contributed by atoms with Crippen LogP contribution in [0, 0.1) is 11.6 Å². The molecule has 1 aromatic carbocycles. The van der Waals surface area contributed by atoms with E-state index in [9.17, 15) is 13.6 Å². The molecule has 1 aromatic rings. The molecule has 0 heterocycles. The van der Waals surface area contributed by atoms with Gasteiger partial charge in [0.15, 0.2) is 11.6 Å². The summed E-state index contributed by atoms with van der Waals surface area (Å²) in [6.45, 7) is 1.84. The fourth-order valence-corrected chi connectivity index (χ4v) is 1.68. The highest BCUT2D eigenvalue weighted by molar-refractivity contribution is 7.80. The van der Waals surface area contributed by atoms with E-state index in [1.807, 2.05) is 6.92 Å². The first kappa shape index (κ1) is 14.5. The Morgan fingerprint density at radius 2 is 2.17 bits per heavy atom. The van der Waals surface area contributed by atoms with Crippen molar-refractivity contribution in [2.24, 2.45) is 5.73 Å². The molecule has 0 aliphatic heterocycles. The Labute approximate surface area is 109 Å². The minimum Gasteiger partial charge on any atom is -0.393 e. The number of hydrogen-bond acceptors (Lipinski definition) is 2. The van der Waals surface area contributed by atoms with Crippen molar-refractivity contribution >= 4 is 23.1 Å². The lowest BCUT2D eigenvalue weighted by Crippen LogP contribution is -2.37. The smallest absolute Gasteiger partial charge is 0.254 e. The SMILES string of the molecule is CCC(CC(N)=S)NC(=O)c1cccc(F)c1F. The van der Waals surface area contributed by atoms with Crippen LogP contribution in [-0.4, -0.2) is 16.9 Å². The predicted octanol–water partition coefficient (Wildman–Crippen LogP) is 2.15. The summed E-state index contributed by atoms with van der Waals surface area (Å²) >= 11 is 4.75. The van der Waals surface area contributed by atoms with Crippen molar-refractivity contribution < 1.29 is 13.6 Å². The topological polar surface area (TPSA) is 55.1 Å². The van der Waals surface area contributed by atoms with Gasteiger partial charge in [-0.25, -0.2) is 8.78 Å². The van der Waals surface area contributed by atoms with Crippen LogP contribution in [0.3, 0.4) is 0 Å². The average Bonchev–Trinajstić information content (AvgIpc) is 2.31. The molecule has 0 saturated heterocycles. The van der Waals surface area contributed by atoms with Crippen molar-refractivity contribution in [3.8, 4) is 0 Å². The number of amides is 1. The number of hydrogen-bond donors (Lipinski definition) is 2. The second-order valence-electron chi connectivity index (χ2n) is 3.85. The van der Waals surface area contributed by atoms with Gasteiger partial charge in [0.05, 0.1) is 10.6 Å². The first-order chi connectivity index (χ1) is 8.45. The molecule has 6 heteroatoms. The minimum absolute atomic E-state index is 0.266. The number of nitrogens with one attached hydrogen (secondary N) is 1. The summed E-state index contributed by atoms with van der Waals surface area (Å²) in [5.74, 6) is -2.87. The highest BCUT2D eigenvalue weighted by Gasteiger charge is 2.18. The third-order valence-corrected chi connectivity index (χ3v) is 2.64. The summed E-state index contributed by atoms with van der Waals surface area (Å²) in [6, 6.07) is 3.18. The van der Waals surface area contributed by atoms with Crippen molar-refractivity contribution in [2.45, 2.75) is 25.8 Å². The van der Waals surface area contributed by atoms with Gasteiger partial charge in [0.1, 0.15) is 0 Å². The molecule has 0 fully saturated rings. The standard InChI is InChI=1S/C12H14F2N2OS/c1-2-7(6-10(15)18)16-12(17)8-4-3-5-9(13)11(8)14/h3-5,7H,2,6H2,1H3,(H2,15,18)(H,16,17). The fraction of sp³-hybridized carbons (Fsp3) is 0.333. The maximum Gasteiger partial charge on any atom is 0.254 e. The maximum absolute atomic E-state index is 13.4. The van der Waals surface area contributed by atoms with E-state index in [4.69, 9.17) is 18.0 Å². The van der Waals surface area contributed by atoms with E-state index in [0.29, 0.717) is 12.8 Å². The van der Waals surface area contributed by atoms with Crippen LogP contribution in [0.25, 0.3) is 0 Å². The van der Waals surface area contributed by atoms with Crippen LogP contribution >= 0.6 is 12.2 Å². The zero-order chi connectivity index (χ0) is 13.7. The monoisotopic (exact) mass is 272 g/mol. The van der Waals surface area contributed by atoms with E-state index in [1.54, 1.807) is 0 Å². The highest BCUT2D eigenvalue weighted by Crippen LogP contribution is 2.12. The molecule has 0 aliphatic rings. The Bertz CT molecular complexity index is 465. The Balaban J connectivity index is 2.81. The van der Waals surface area contributed by atoms with Crippen LogP contribution in [0.1, 0.15) is 30.1 Å². The van der Waals surface area contributed by atoms with Gasteiger partial charge in [-0.1, -0.05) is 25.2 Å². The molecule has 0 aliphatic carbocycles. The zero-order valence-corrected chi connectivity index (χ0v) is 10.7. The van der Waals surface area contributed by atoms with E-state index < -0.39 is 17.5 Å². The Morgan fingerprint density at radius 3 is 2.72 bits per heavy atom. The average molecular weight is 272 g/mol. The summed E-state index contributed by atoms with van der Waals surface area (Å²) in [5.41, 5.74) is 5.06. The van der Waals surface area contributed by atoms with E-state index in [0.717, 1.165) is 6.07 Å². The number of thiocarbonyl (C=S) groups is 1. The summed E-state index contributed by atoms with van der Waals surface area (Å²) in [6.07, 6.45) is 0.925. The van der Waals surface area contributed by atoms with Gasteiger partial charge in [0.2, 0.25) is 0 Å². The van der Waals surface area contributed by atoms with Gasteiger partial charge in [-0.2, -0.15) is 0 Å². The van der Waals surface area contributed by atoms with Crippen LogP contribution in [0.2, 0.25) is 0 Å². The second-order valence-corrected chi connectivity index (χ2v) is 4.37. The molecule has 0 radical (unpaired) electrons. The molecular weight excluding hydrogens is 258 g/mol. The van der Waals surface area contributed by atoms with E-state index in [2.05, 4.69) is 5.32 Å². The molecule has 1 atom stereocenters. The number of rotatable bonds is 5. The summed E-state index contributed by atoms with van der Waals surface area (Å²) in [5, 5.41) is 2.57. The van der Waals surface area contributed by atoms with Crippen molar-refractivity contribution in [3.63, 3.8) is 0 Å². The number of nitrogens with two attached hydrogens (primary N) is 1. The van der Waals surface area contributed by atoms with Gasteiger partial charge in [-0.05, 0) is 18.6 Å². The second kappa shape index (κ2) is 6.39. The first-order valence-electron chi connectivity index (χ1n) is 5.48. The van der Waals surface area contributed by atoms with Gasteiger partial charge in [0.25, 0.3) is 5.91 Å². The maximum atomic E-state index is 13.4. The molecule has 0 spiro atoms. The van der Waals surface area contributed by atoms with Gasteiger partial charge in [-0.3, -0.25) is 4.79 Å². The number of benzene rings is 1. The third-order valence-electron chi connectivity index (χ3n) is 2.47. The van der Waals surface area contributed by atoms with Gasteiger partial charge in [-0.15, -0.1) is 0 Å². The Kier molecular flexibility index (Phi) is 5.15. The summed E-state index contributed by atoms with van der Waals surface area (Å²) in [7, 11) is 0. The summed E-state index contributed by atoms with van der Waals surface area (Å²) in [4.78, 5) is 12.0. The van der Waals surface area contributed by atoms with Crippen LogP contribution < -0.4 is 11.1 Å². The molecule has 0 bridgehead atoms. The molecule has 3 nitrogen and oxygen atoms in total. The number of carbonyl (C=O) groups excluding carboxylic acids is 1. The molecule has 0 saturated carbocycles. The quantitative estimate of drug-likeness (QED) is 0.808. The Morgan fingerprint density at radius 1 is 1.50 bits per heavy atom. The van der Waals surface area contributed by atoms with Crippen LogP contribution in [0.15, 0.2) is 18.2 Å². The van der Waals surface area contributed by atoms with E-state index >= 15 is 0 Å². The summed E-state index contributed by atoms with van der Waals surface area (Å²) < 4.78 is 26.4. The van der Waals surface area contributed by atoms with Gasteiger partial charge in [0, 0.05) is 12.5 Å². The molecule has 98 valence electrons. The van der Waals surface area contributed by atoms with E-state index in [-0.39, 0.29) is 16.6 Å². The van der Waals surface area contributed by atoms with Crippen molar-refractivity contribution in [2.75, 3.05) is 0 Å². The Hall–Kier alpha value is -1.56. The molecule has 1 rings (SSSR count). The lowest BCUT2D eigenvalue weighted by molar-refractivity contribution is 0.0932. The van der Waals surface area contributed by atoms with Crippen LogP contribution in [0.4, 0.5) is 8.78 Å². The normalized spacial score (nSPS) is 11.9. The van der Waals surface area contributed by atoms with Crippen LogP contribution in [0.5, 0.6) is 0 Å². The predicted molar refractivity (Wildman–Crippen MR) is 69.3 cm³/mol. The zero-order valence-electron chi connectivity index (χ0n) is 9.87. The molecule has 18 heavy (non-hydrogen) atoms. The fourth-order valence-electron chi connectivity index (χ4n) is 1.48. The molecule has 0 aromatic heterocycles. The lowest BCUT2D eigenvalue weighted by Gasteiger charge is -2.16.